The lowest BCUT2D eigenvalue weighted by Crippen LogP contribution is -2.24. The van der Waals surface area contributed by atoms with E-state index in [0.29, 0.717) is 0 Å². The van der Waals surface area contributed by atoms with Gasteiger partial charge in [-0.15, -0.1) is 0 Å². The molecule has 1 aromatic carbocycles. The summed E-state index contributed by atoms with van der Waals surface area (Å²) in [4.78, 5) is 48.3. The van der Waals surface area contributed by atoms with E-state index < -0.39 is 52.5 Å². The molecule has 7 N–H and O–H groups in total. The van der Waals surface area contributed by atoms with Crippen LogP contribution in [0.4, 0.5) is 5.82 Å². The topological polar surface area (TPSA) is 195 Å². The largest absolute Gasteiger partial charge is 0.493 e. The summed E-state index contributed by atoms with van der Waals surface area (Å²) in [5, 5.41) is 18.9. The molecular formula is C16H14BrN3O8. The van der Waals surface area contributed by atoms with Gasteiger partial charge in [-0.25, -0.2) is 9.59 Å². The number of carbonyl (C=O) groups excluding carboxylic acids is 1. The molecule has 28 heavy (non-hydrogen) atoms. The van der Waals surface area contributed by atoms with E-state index in [1.807, 2.05) is 4.98 Å². The molecule has 0 aliphatic carbocycles. The first-order valence-corrected chi connectivity index (χ1v) is 8.19. The highest BCUT2D eigenvalue weighted by Gasteiger charge is 2.28. The number of nitrogens with one attached hydrogen (secondary N) is 1. The lowest BCUT2D eigenvalue weighted by atomic mass is 9.95. The maximum absolute atomic E-state index is 12.1. The van der Waals surface area contributed by atoms with Gasteiger partial charge >= 0.3 is 11.9 Å². The van der Waals surface area contributed by atoms with Crippen LogP contribution in [0.2, 0.25) is 0 Å². The van der Waals surface area contributed by atoms with Gasteiger partial charge in [0.1, 0.15) is 16.9 Å². The van der Waals surface area contributed by atoms with Gasteiger partial charge in [-0.1, -0.05) is 0 Å². The first-order chi connectivity index (χ1) is 13.1. The average Bonchev–Trinajstić information content (AvgIpc) is 2.58. The maximum atomic E-state index is 12.1. The number of aromatic nitrogens is 1. The smallest absolute Gasteiger partial charge is 0.342 e. The second-order valence-electron chi connectivity index (χ2n) is 5.35. The molecule has 1 aromatic heterocycles. The van der Waals surface area contributed by atoms with E-state index in [1.54, 1.807) is 0 Å². The van der Waals surface area contributed by atoms with Gasteiger partial charge in [-0.3, -0.25) is 9.59 Å². The van der Waals surface area contributed by atoms with Crippen molar-refractivity contribution in [3.05, 3.63) is 38.1 Å². The number of nitrogens with two attached hydrogens (primary N) is 2. The van der Waals surface area contributed by atoms with Crippen LogP contribution in [0.1, 0.15) is 20.7 Å². The van der Waals surface area contributed by atoms with Gasteiger partial charge in [0.05, 0.1) is 11.6 Å². The van der Waals surface area contributed by atoms with Crippen LogP contribution >= 0.6 is 15.9 Å². The van der Waals surface area contributed by atoms with Crippen molar-refractivity contribution in [3.8, 4) is 22.6 Å². The summed E-state index contributed by atoms with van der Waals surface area (Å²) < 4.78 is 10.6. The normalized spacial score (nSPS) is 10.4. The Hall–Kier alpha value is -3.54. The summed E-state index contributed by atoms with van der Waals surface area (Å²) in [6, 6.07) is 2.54. The molecule has 1 heterocycles. The Morgan fingerprint density at radius 2 is 1.79 bits per heavy atom. The summed E-state index contributed by atoms with van der Waals surface area (Å²) in [5.74, 6) is -4.37. The minimum atomic E-state index is -1.65. The number of halogens is 1. The number of hydrogen-bond acceptors (Lipinski definition) is 7. The molecule has 0 fully saturated rings. The molecule has 2 rings (SSSR count). The molecule has 1 amide bonds. The Morgan fingerprint density at radius 1 is 1.18 bits per heavy atom. The molecule has 0 aliphatic heterocycles. The zero-order valence-electron chi connectivity index (χ0n) is 14.2. The van der Waals surface area contributed by atoms with Crippen molar-refractivity contribution in [1.82, 2.24) is 4.98 Å². The molecule has 0 spiro atoms. The maximum Gasteiger partial charge on any atom is 0.342 e. The van der Waals surface area contributed by atoms with Gasteiger partial charge in [-0.05, 0) is 33.6 Å². The molecule has 0 bridgehead atoms. The van der Waals surface area contributed by atoms with Crippen LogP contribution in [-0.4, -0.2) is 46.8 Å². The predicted molar refractivity (Wildman–Crippen MR) is 99.8 cm³/mol. The molecule has 2 aromatic rings. The number of aromatic carboxylic acids is 2. The zero-order chi connectivity index (χ0) is 21.2. The van der Waals surface area contributed by atoms with Crippen molar-refractivity contribution < 1.29 is 34.1 Å². The van der Waals surface area contributed by atoms with Gasteiger partial charge < -0.3 is 36.1 Å². The predicted octanol–water partition coefficient (Wildman–Crippen LogP) is 0.656. The summed E-state index contributed by atoms with van der Waals surface area (Å²) in [6.07, 6.45) is 0. The molecule has 0 radical (unpaired) electrons. The van der Waals surface area contributed by atoms with Gasteiger partial charge in [-0.2, -0.15) is 0 Å². The van der Waals surface area contributed by atoms with E-state index in [0.717, 1.165) is 0 Å². The number of pyridine rings is 1. The minimum absolute atomic E-state index is 0.00255. The Labute approximate surface area is 165 Å². The Bertz CT molecular complexity index is 1050. The van der Waals surface area contributed by atoms with E-state index in [4.69, 9.17) is 20.9 Å². The van der Waals surface area contributed by atoms with Gasteiger partial charge in [0, 0.05) is 5.56 Å². The number of nitrogen functional groups attached to an aromatic ring is 1. The van der Waals surface area contributed by atoms with Crippen LogP contribution in [0.15, 0.2) is 21.4 Å². The summed E-state index contributed by atoms with van der Waals surface area (Å²) in [7, 11) is 1.27. The third-order valence-electron chi connectivity index (χ3n) is 3.55. The van der Waals surface area contributed by atoms with Crippen LogP contribution in [0.5, 0.6) is 11.5 Å². The van der Waals surface area contributed by atoms with E-state index in [-0.39, 0.29) is 21.5 Å². The van der Waals surface area contributed by atoms with Crippen molar-refractivity contribution >= 4 is 39.6 Å². The number of H-pyrrole nitrogens is 1. The molecule has 0 atom stereocenters. The van der Waals surface area contributed by atoms with Crippen LogP contribution in [0.3, 0.4) is 0 Å². The fraction of sp³-hybridized carbons (Fsp3) is 0.125. The van der Waals surface area contributed by atoms with Crippen molar-refractivity contribution in [2.75, 3.05) is 19.5 Å². The zero-order valence-corrected chi connectivity index (χ0v) is 15.8. The van der Waals surface area contributed by atoms with E-state index >= 15 is 0 Å². The number of carboxylic acid groups (broad SMARTS) is 2. The van der Waals surface area contributed by atoms with Crippen LogP contribution in [0.25, 0.3) is 11.1 Å². The lowest BCUT2D eigenvalue weighted by molar-refractivity contribution is -0.120. The molecule has 11 nitrogen and oxygen atoms in total. The number of hydrogen-bond donors (Lipinski definition) is 5. The Morgan fingerprint density at radius 3 is 2.29 bits per heavy atom. The van der Waals surface area contributed by atoms with Crippen LogP contribution < -0.4 is 26.5 Å². The second-order valence-corrected chi connectivity index (χ2v) is 6.20. The monoisotopic (exact) mass is 455 g/mol. The lowest BCUT2D eigenvalue weighted by Gasteiger charge is -2.16. The third kappa shape index (κ3) is 3.91. The first kappa shape index (κ1) is 20.8. The Balaban J connectivity index is 2.86. The number of methoxy groups -OCH3 is 1. The molecular weight excluding hydrogens is 442 g/mol. The number of carboxylic acids is 2. The van der Waals surface area contributed by atoms with Crippen molar-refractivity contribution in [3.63, 3.8) is 0 Å². The fourth-order valence-corrected chi connectivity index (χ4v) is 3.04. The number of amides is 1. The number of benzene rings is 1. The highest BCUT2D eigenvalue weighted by molar-refractivity contribution is 9.10. The highest BCUT2D eigenvalue weighted by Crippen LogP contribution is 2.41. The molecule has 148 valence electrons. The third-order valence-corrected chi connectivity index (χ3v) is 4.14. The standard InChI is InChI=1S/C16H14BrN3O8/c1-27-7-3-5(2-6(17)12(7)28-4-8(18)21)9-10(15(23)24)13(19)20-14(22)11(9)16(25)26/h2-3H,4H2,1H3,(H2,18,21)(H,23,24)(H,25,26)(H3,19,20,22). The number of carbonyl (C=O) groups is 3. The van der Waals surface area contributed by atoms with Crippen LogP contribution in [-0.2, 0) is 4.79 Å². The quantitative estimate of drug-likeness (QED) is 0.398. The number of anilines is 1. The van der Waals surface area contributed by atoms with E-state index in [2.05, 4.69) is 15.9 Å². The van der Waals surface area contributed by atoms with E-state index in [9.17, 15) is 29.4 Å². The van der Waals surface area contributed by atoms with Crippen molar-refractivity contribution in [1.29, 1.82) is 0 Å². The molecule has 0 aliphatic rings. The number of primary amides is 1. The van der Waals surface area contributed by atoms with Crippen LogP contribution in [0, 0.1) is 0 Å². The molecule has 0 saturated heterocycles. The number of ether oxygens (including phenoxy) is 2. The van der Waals surface area contributed by atoms with Crippen molar-refractivity contribution in [2.45, 2.75) is 0 Å². The SMILES string of the molecule is COc1cc(-c2c(C(=O)O)c(N)[nH]c(=O)c2C(=O)O)cc(Br)c1OCC(N)=O. The molecule has 12 heteroatoms. The first-order valence-electron chi connectivity index (χ1n) is 7.39. The van der Waals surface area contributed by atoms with Gasteiger partial charge in [0.2, 0.25) is 0 Å². The number of aromatic amines is 1. The summed E-state index contributed by atoms with van der Waals surface area (Å²) in [6.45, 7) is -0.465. The van der Waals surface area contributed by atoms with Gasteiger partial charge in [0.15, 0.2) is 18.1 Å². The fourth-order valence-electron chi connectivity index (χ4n) is 2.48. The highest BCUT2D eigenvalue weighted by atomic mass is 79.9. The average molecular weight is 456 g/mol. The Kier molecular flexibility index (Phi) is 5.93. The second kappa shape index (κ2) is 8.00. The van der Waals surface area contributed by atoms with Crippen molar-refractivity contribution in [2.24, 2.45) is 5.73 Å². The minimum Gasteiger partial charge on any atom is -0.493 e. The molecule has 0 saturated carbocycles. The van der Waals surface area contributed by atoms with Gasteiger partial charge in [0.25, 0.3) is 11.5 Å². The molecule has 0 unspecified atom stereocenters. The summed E-state index contributed by atoms with van der Waals surface area (Å²) in [5.41, 5.74) is 7.74. The number of rotatable bonds is 7. The van der Waals surface area contributed by atoms with E-state index in [1.165, 1.54) is 19.2 Å². The summed E-state index contributed by atoms with van der Waals surface area (Å²) >= 11 is 3.18.